The first-order valence-electron chi connectivity index (χ1n) is 10.6. The van der Waals surface area contributed by atoms with Crippen molar-refractivity contribution in [2.24, 2.45) is 0 Å². The first-order chi connectivity index (χ1) is 16.5. The molecule has 8 heteroatoms. The molecule has 0 atom stereocenters. The Labute approximate surface area is 198 Å². The van der Waals surface area contributed by atoms with E-state index < -0.39 is 18.5 Å². The van der Waals surface area contributed by atoms with E-state index in [1.807, 2.05) is 24.3 Å². The lowest BCUT2D eigenvalue weighted by Gasteiger charge is -2.20. The van der Waals surface area contributed by atoms with Gasteiger partial charge in [0.15, 0.2) is 18.2 Å². The molecular formula is C26H18N2O5S. The minimum absolute atomic E-state index is 0.0949. The molecule has 3 aromatic carbocycles. The van der Waals surface area contributed by atoms with Gasteiger partial charge in [-0.05, 0) is 18.2 Å². The molecule has 168 valence electrons. The quantitative estimate of drug-likeness (QED) is 0.374. The zero-order chi connectivity index (χ0) is 23.7. The van der Waals surface area contributed by atoms with Crippen LogP contribution in [0.25, 0.3) is 10.2 Å². The van der Waals surface area contributed by atoms with Gasteiger partial charge >= 0.3 is 5.97 Å². The molecule has 1 aliphatic rings. The maximum Gasteiger partial charge on any atom is 0.306 e. The topological polar surface area (TPSA) is 102 Å². The highest BCUT2D eigenvalue weighted by Crippen LogP contribution is 2.32. The summed E-state index contributed by atoms with van der Waals surface area (Å²) in [6.45, 7) is -0.499. The highest BCUT2D eigenvalue weighted by Gasteiger charge is 2.31. The average Bonchev–Trinajstić information content (AvgIpc) is 3.28. The first-order valence-corrected chi connectivity index (χ1v) is 11.4. The second kappa shape index (κ2) is 8.99. The molecule has 1 aliphatic carbocycles. The number of hydrogen-bond acceptors (Lipinski definition) is 7. The lowest BCUT2D eigenvalue weighted by molar-refractivity contribution is -0.147. The number of para-hydroxylation sites is 1. The highest BCUT2D eigenvalue weighted by molar-refractivity contribution is 7.18. The number of nitrogens with one attached hydrogen (secondary N) is 1. The molecule has 0 saturated carbocycles. The second-order valence-corrected chi connectivity index (χ2v) is 8.83. The summed E-state index contributed by atoms with van der Waals surface area (Å²) >= 11 is 1.52. The number of rotatable bonds is 6. The molecule has 34 heavy (non-hydrogen) atoms. The number of fused-ring (bicyclic) bond motifs is 3. The second-order valence-electron chi connectivity index (χ2n) is 7.72. The number of aromatic nitrogens is 1. The third kappa shape index (κ3) is 4.11. The average molecular weight is 471 g/mol. The number of aryl methyl sites for hydroxylation is 1. The number of anilines is 1. The van der Waals surface area contributed by atoms with E-state index in [9.17, 15) is 19.2 Å². The number of carbonyl (C=O) groups is 4. The van der Waals surface area contributed by atoms with Gasteiger partial charge in [0, 0.05) is 23.1 Å². The van der Waals surface area contributed by atoms with Gasteiger partial charge in [-0.1, -0.05) is 48.5 Å². The van der Waals surface area contributed by atoms with E-state index in [4.69, 9.17) is 4.74 Å². The normalized spacial score (nSPS) is 12.2. The van der Waals surface area contributed by atoms with Gasteiger partial charge in [0.05, 0.1) is 32.9 Å². The third-order valence-electron chi connectivity index (χ3n) is 5.47. The summed E-state index contributed by atoms with van der Waals surface area (Å²) in [6, 6.07) is 19.0. The molecule has 1 N–H and O–H groups in total. The standard InChI is InChI=1S/C26H18N2O5S/c29-21(14-33-23(30)13-12-22-28-18-9-3-4-11-20(18)34-22)27-19-10-5-8-17-24(19)26(32)16-7-2-1-6-15(16)25(17)31/h1-11H,12-14H2,(H,27,29). The first kappa shape index (κ1) is 21.7. The maximum absolute atomic E-state index is 13.0. The van der Waals surface area contributed by atoms with Crippen LogP contribution in [-0.4, -0.2) is 35.0 Å². The van der Waals surface area contributed by atoms with E-state index in [1.54, 1.807) is 42.5 Å². The molecule has 0 spiro atoms. The third-order valence-corrected chi connectivity index (χ3v) is 6.57. The van der Waals surface area contributed by atoms with Gasteiger partial charge in [-0.25, -0.2) is 4.98 Å². The summed E-state index contributed by atoms with van der Waals surface area (Å²) in [5.74, 6) is -1.73. The molecule has 0 fully saturated rings. The molecule has 1 heterocycles. The van der Waals surface area contributed by atoms with Crippen molar-refractivity contribution < 1.29 is 23.9 Å². The lowest BCUT2D eigenvalue weighted by Crippen LogP contribution is -2.26. The van der Waals surface area contributed by atoms with Crippen molar-refractivity contribution in [1.29, 1.82) is 0 Å². The number of ether oxygens (including phenoxy) is 1. The van der Waals surface area contributed by atoms with Crippen molar-refractivity contribution >= 4 is 50.7 Å². The van der Waals surface area contributed by atoms with Gasteiger partial charge in [0.2, 0.25) is 0 Å². The van der Waals surface area contributed by atoms with E-state index in [0.717, 1.165) is 15.2 Å². The Morgan fingerprint density at radius 1 is 0.853 bits per heavy atom. The monoisotopic (exact) mass is 470 g/mol. The molecule has 5 rings (SSSR count). The summed E-state index contributed by atoms with van der Waals surface area (Å²) in [5, 5.41) is 3.42. The van der Waals surface area contributed by atoms with Gasteiger partial charge in [0.25, 0.3) is 5.91 Å². The molecule has 0 unspecified atom stereocenters. The predicted molar refractivity (Wildman–Crippen MR) is 127 cm³/mol. The van der Waals surface area contributed by atoms with Crippen LogP contribution in [0.4, 0.5) is 5.69 Å². The summed E-state index contributed by atoms with van der Waals surface area (Å²) in [5.41, 5.74) is 2.10. The van der Waals surface area contributed by atoms with Crippen LogP contribution in [0.1, 0.15) is 43.3 Å². The van der Waals surface area contributed by atoms with Gasteiger partial charge in [-0.15, -0.1) is 11.3 Å². The van der Waals surface area contributed by atoms with Crippen molar-refractivity contribution in [2.45, 2.75) is 12.8 Å². The Morgan fingerprint density at radius 2 is 1.56 bits per heavy atom. The number of hydrogen-bond donors (Lipinski definition) is 1. The number of esters is 1. The van der Waals surface area contributed by atoms with Crippen LogP contribution in [0.5, 0.6) is 0 Å². The largest absolute Gasteiger partial charge is 0.456 e. The molecule has 0 saturated heterocycles. The van der Waals surface area contributed by atoms with Crippen LogP contribution in [-0.2, 0) is 20.7 Å². The van der Waals surface area contributed by atoms with Crippen LogP contribution in [0.2, 0.25) is 0 Å². The van der Waals surface area contributed by atoms with Crippen molar-refractivity contribution in [3.05, 3.63) is 94.0 Å². The smallest absolute Gasteiger partial charge is 0.306 e. The zero-order valence-electron chi connectivity index (χ0n) is 17.9. The van der Waals surface area contributed by atoms with E-state index in [-0.39, 0.29) is 34.8 Å². The number of amides is 1. The Kier molecular flexibility index (Phi) is 5.73. The predicted octanol–water partition coefficient (Wildman–Crippen LogP) is 4.19. The van der Waals surface area contributed by atoms with Gasteiger partial charge in [0.1, 0.15) is 0 Å². The van der Waals surface area contributed by atoms with Crippen LogP contribution >= 0.6 is 11.3 Å². The molecular weight excluding hydrogens is 452 g/mol. The van der Waals surface area contributed by atoms with Crippen molar-refractivity contribution in [2.75, 3.05) is 11.9 Å². The summed E-state index contributed by atoms with van der Waals surface area (Å²) in [4.78, 5) is 54.9. The SMILES string of the molecule is O=C(COC(=O)CCc1nc2ccccc2s1)Nc1cccc2c1C(=O)c1ccccc1C2=O. The van der Waals surface area contributed by atoms with Gasteiger partial charge in [-0.2, -0.15) is 0 Å². The Morgan fingerprint density at radius 3 is 2.35 bits per heavy atom. The van der Waals surface area contributed by atoms with Gasteiger partial charge < -0.3 is 10.1 Å². The number of nitrogens with zero attached hydrogens (tertiary/aromatic N) is 1. The number of carbonyl (C=O) groups excluding carboxylic acids is 4. The molecule has 7 nitrogen and oxygen atoms in total. The van der Waals surface area contributed by atoms with Crippen LogP contribution in [0, 0.1) is 0 Å². The molecule has 0 radical (unpaired) electrons. The number of benzene rings is 3. The molecule has 0 aliphatic heterocycles. The molecule has 0 bridgehead atoms. The number of thiazole rings is 1. The Bertz CT molecular complexity index is 1440. The van der Waals surface area contributed by atoms with E-state index >= 15 is 0 Å². The van der Waals surface area contributed by atoms with Crippen molar-refractivity contribution in [1.82, 2.24) is 4.98 Å². The van der Waals surface area contributed by atoms with Crippen molar-refractivity contribution in [3.8, 4) is 0 Å². The summed E-state index contributed by atoms with van der Waals surface area (Å²) in [6.07, 6.45) is 0.514. The fourth-order valence-corrected chi connectivity index (χ4v) is 4.86. The summed E-state index contributed by atoms with van der Waals surface area (Å²) < 4.78 is 6.14. The van der Waals surface area contributed by atoms with Crippen LogP contribution in [0.3, 0.4) is 0 Å². The highest BCUT2D eigenvalue weighted by atomic mass is 32.1. The molecule has 1 aromatic heterocycles. The molecule has 1 amide bonds. The Hall–Kier alpha value is -4.17. The minimum atomic E-state index is -0.596. The fourth-order valence-electron chi connectivity index (χ4n) is 3.89. The maximum atomic E-state index is 13.0. The van der Waals surface area contributed by atoms with E-state index in [1.165, 1.54) is 11.3 Å². The summed E-state index contributed by atoms with van der Waals surface area (Å²) in [7, 11) is 0. The fraction of sp³-hybridized carbons (Fsp3) is 0.115. The number of ketones is 2. The Balaban J connectivity index is 1.21. The minimum Gasteiger partial charge on any atom is -0.456 e. The van der Waals surface area contributed by atoms with Crippen molar-refractivity contribution in [3.63, 3.8) is 0 Å². The van der Waals surface area contributed by atoms with E-state index in [0.29, 0.717) is 17.5 Å². The lowest BCUT2D eigenvalue weighted by atomic mass is 9.83. The van der Waals surface area contributed by atoms with E-state index in [2.05, 4.69) is 10.3 Å². The molecule has 4 aromatic rings. The van der Waals surface area contributed by atoms with Crippen LogP contribution in [0.15, 0.2) is 66.7 Å². The van der Waals surface area contributed by atoms with Gasteiger partial charge in [-0.3, -0.25) is 19.2 Å². The van der Waals surface area contributed by atoms with Crippen LogP contribution < -0.4 is 5.32 Å². The zero-order valence-corrected chi connectivity index (χ0v) is 18.7.